The Morgan fingerprint density at radius 3 is 2.64 bits per heavy atom. The van der Waals surface area contributed by atoms with E-state index in [1.807, 2.05) is 37.4 Å². The van der Waals surface area contributed by atoms with Crippen LogP contribution in [-0.2, 0) is 17.7 Å². The number of ether oxygens (including phenoxy) is 3. The molecule has 0 fully saturated rings. The maximum Gasteiger partial charge on any atom is 0.340 e. The predicted octanol–water partition coefficient (Wildman–Crippen LogP) is 5.75. The monoisotopic (exact) mass is 444 g/mol. The number of carbonyl (C=O) groups is 1. The Bertz CT molecular complexity index is 1360. The van der Waals surface area contributed by atoms with Gasteiger partial charge in [-0.3, -0.25) is 0 Å². The SMILES string of the molecule is CCCOC(=O)c1c(-c2cccc3[nH]ccc23)c(C)n2c1-c1cc(OC)c(OC)cc1CC2. The standard InChI is InChI=1S/C27H28N2O4/c1-5-13-33-27(30)25-24(19-7-6-8-21-18(19)9-11-28-21)16(2)29-12-10-17-14-22(31-3)23(32-4)15-20(17)26(25)29/h6-9,11,14-15,28H,5,10,12-13H2,1-4H3. The second kappa shape index (κ2) is 8.35. The second-order valence-electron chi connectivity index (χ2n) is 8.33. The van der Waals surface area contributed by atoms with Crippen molar-refractivity contribution in [1.29, 1.82) is 0 Å². The Hall–Kier alpha value is -3.67. The number of nitrogens with zero attached hydrogens (tertiary/aromatic N) is 1. The van der Waals surface area contributed by atoms with Crippen molar-refractivity contribution in [3.8, 4) is 33.9 Å². The first-order chi connectivity index (χ1) is 16.1. The van der Waals surface area contributed by atoms with Crippen LogP contribution in [0.5, 0.6) is 11.5 Å². The summed E-state index contributed by atoms with van der Waals surface area (Å²) >= 11 is 0. The van der Waals surface area contributed by atoms with Crippen molar-refractivity contribution in [2.24, 2.45) is 0 Å². The number of aromatic amines is 1. The van der Waals surface area contributed by atoms with Crippen LogP contribution in [0.15, 0.2) is 42.6 Å². The van der Waals surface area contributed by atoms with E-state index in [-0.39, 0.29) is 5.97 Å². The van der Waals surface area contributed by atoms with E-state index >= 15 is 0 Å². The first-order valence-electron chi connectivity index (χ1n) is 11.3. The number of hydrogen-bond donors (Lipinski definition) is 1. The van der Waals surface area contributed by atoms with Crippen LogP contribution in [0.1, 0.15) is 35.0 Å². The summed E-state index contributed by atoms with van der Waals surface area (Å²) in [6, 6.07) is 12.2. The first kappa shape index (κ1) is 21.2. The average molecular weight is 445 g/mol. The minimum Gasteiger partial charge on any atom is -0.493 e. The Balaban J connectivity index is 1.83. The highest BCUT2D eigenvalue weighted by molar-refractivity contribution is 6.09. The van der Waals surface area contributed by atoms with Crippen LogP contribution in [0.25, 0.3) is 33.3 Å². The van der Waals surface area contributed by atoms with E-state index in [4.69, 9.17) is 14.2 Å². The van der Waals surface area contributed by atoms with Gasteiger partial charge in [0.15, 0.2) is 11.5 Å². The summed E-state index contributed by atoms with van der Waals surface area (Å²) < 4.78 is 19.1. The summed E-state index contributed by atoms with van der Waals surface area (Å²) in [6.07, 6.45) is 3.54. The van der Waals surface area contributed by atoms with E-state index in [2.05, 4.69) is 28.6 Å². The van der Waals surface area contributed by atoms with Gasteiger partial charge in [0, 0.05) is 40.5 Å². The third-order valence-corrected chi connectivity index (χ3v) is 6.50. The molecule has 0 aliphatic carbocycles. The van der Waals surface area contributed by atoms with Crippen molar-refractivity contribution in [2.45, 2.75) is 33.2 Å². The van der Waals surface area contributed by atoms with Crippen molar-refractivity contribution < 1.29 is 19.0 Å². The first-order valence-corrected chi connectivity index (χ1v) is 11.3. The van der Waals surface area contributed by atoms with Gasteiger partial charge in [-0.15, -0.1) is 0 Å². The lowest BCUT2D eigenvalue weighted by molar-refractivity contribution is 0.0507. The van der Waals surface area contributed by atoms with Gasteiger partial charge in [-0.05, 0) is 55.2 Å². The number of aromatic nitrogens is 2. The van der Waals surface area contributed by atoms with Gasteiger partial charge >= 0.3 is 5.97 Å². The number of aryl methyl sites for hydroxylation is 1. The largest absolute Gasteiger partial charge is 0.493 e. The van der Waals surface area contributed by atoms with E-state index in [0.717, 1.165) is 63.9 Å². The number of rotatable bonds is 6. The van der Waals surface area contributed by atoms with Crippen molar-refractivity contribution >= 4 is 16.9 Å². The van der Waals surface area contributed by atoms with Gasteiger partial charge in [0.05, 0.1) is 32.1 Å². The fourth-order valence-electron chi connectivity index (χ4n) is 4.98. The molecule has 3 heterocycles. The summed E-state index contributed by atoms with van der Waals surface area (Å²) in [7, 11) is 3.27. The minimum absolute atomic E-state index is 0.293. The number of fused-ring (bicyclic) bond motifs is 4. The van der Waals surface area contributed by atoms with Crippen LogP contribution < -0.4 is 9.47 Å². The molecule has 0 spiro atoms. The number of esters is 1. The molecule has 4 aromatic rings. The Morgan fingerprint density at radius 1 is 1.09 bits per heavy atom. The smallest absolute Gasteiger partial charge is 0.340 e. The Kier molecular flexibility index (Phi) is 5.36. The molecule has 2 aromatic carbocycles. The molecule has 0 saturated carbocycles. The summed E-state index contributed by atoms with van der Waals surface area (Å²) in [5.41, 5.74) is 7.67. The third kappa shape index (κ3) is 3.28. The number of benzene rings is 2. The van der Waals surface area contributed by atoms with Gasteiger partial charge in [-0.1, -0.05) is 19.1 Å². The van der Waals surface area contributed by atoms with Crippen molar-refractivity contribution in [1.82, 2.24) is 9.55 Å². The van der Waals surface area contributed by atoms with Crippen molar-refractivity contribution in [3.63, 3.8) is 0 Å². The highest BCUT2D eigenvalue weighted by atomic mass is 16.5. The average Bonchev–Trinajstić information content (AvgIpc) is 3.44. The molecule has 1 N–H and O–H groups in total. The molecule has 0 unspecified atom stereocenters. The Labute approximate surface area is 193 Å². The van der Waals surface area contributed by atoms with Crippen LogP contribution >= 0.6 is 0 Å². The number of nitrogens with one attached hydrogen (secondary N) is 1. The summed E-state index contributed by atoms with van der Waals surface area (Å²) in [6.45, 7) is 5.25. The molecule has 170 valence electrons. The molecule has 0 bridgehead atoms. The highest BCUT2D eigenvalue weighted by Crippen LogP contribution is 2.46. The second-order valence-corrected chi connectivity index (χ2v) is 8.33. The van der Waals surface area contributed by atoms with Crippen LogP contribution in [0.4, 0.5) is 0 Å². The number of hydrogen-bond acceptors (Lipinski definition) is 4. The topological polar surface area (TPSA) is 65.5 Å². The molecule has 1 aliphatic rings. The van der Waals surface area contributed by atoms with Gasteiger partial charge in [0.2, 0.25) is 0 Å². The normalized spacial score (nSPS) is 12.4. The molecule has 1 aliphatic heterocycles. The molecule has 0 radical (unpaired) electrons. The molecule has 2 aromatic heterocycles. The fourth-order valence-corrected chi connectivity index (χ4v) is 4.98. The maximum absolute atomic E-state index is 13.5. The van der Waals surface area contributed by atoms with E-state index in [9.17, 15) is 4.79 Å². The molecule has 0 amide bonds. The molecule has 33 heavy (non-hydrogen) atoms. The van der Waals surface area contributed by atoms with E-state index < -0.39 is 0 Å². The van der Waals surface area contributed by atoms with Crippen LogP contribution in [0.2, 0.25) is 0 Å². The van der Waals surface area contributed by atoms with Gasteiger partial charge in [0.25, 0.3) is 0 Å². The highest BCUT2D eigenvalue weighted by Gasteiger charge is 2.32. The summed E-state index contributed by atoms with van der Waals surface area (Å²) in [5.74, 6) is 1.05. The summed E-state index contributed by atoms with van der Waals surface area (Å²) in [4.78, 5) is 16.8. The zero-order valence-electron chi connectivity index (χ0n) is 19.5. The van der Waals surface area contributed by atoms with Crippen LogP contribution in [-0.4, -0.2) is 36.3 Å². The van der Waals surface area contributed by atoms with E-state index in [1.165, 1.54) is 0 Å². The quantitative estimate of drug-likeness (QED) is 0.385. The van der Waals surface area contributed by atoms with Crippen molar-refractivity contribution in [3.05, 3.63) is 59.4 Å². The lowest BCUT2D eigenvalue weighted by Crippen LogP contribution is -2.15. The molecule has 0 saturated heterocycles. The molecular formula is C27H28N2O4. The van der Waals surface area contributed by atoms with Gasteiger partial charge in [-0.25, -0.2) is 4.79 Å². The predicted molar refractivity (Wildman–Crippen MR) is 129 cm³/mol. The fraction of sp³-hybridized carbons (Fsp3) is 0.296. The van der Waals surface area contributed by atoms with Gasteiger partial charge in [0.1, 0.15) is 0 Å². The number of H-pyrrole nitrogens is 1. The third-order valence-electron chi connectivity index (χ3n) is 6.50. The zero-order valence-corrected chi connectivity index (χ0v) is 19.5. The Morgan fingerprint density at radius 2 is 1.88 bits per heavy atom. The van der Waals surface area contributed by atoms with E-state index in [0.29, 0.717) is 23.7 Å². The molecule has 5 rings (SSSR count). The van der Waals surface area contributed by atoms with Crippen LogP contribution in [0, 0.1) is 6.92 Å². The van der Waals surface area contributed by atoms with Gasteiger partial charge < -0.3 is 23.8 Å². The van der Waals surface area contributed by atoms with E-state index in [1.54, 1.807) is 14.2 Å². The number of methoxy groups -OCH3 is 2. The molecule has 6 nitrogen and oxygen atoms in total. The molecule has 0 atom stereocenters. The number of carbonyl (C=O) groups excluding carboxylic acids is 1. The minimum atomic E-state index is -0.293. The lowest BCUT2D eigenvalue weighted by Gasteiger charge is -2.23. The molecular weight excluding hydrogens is 416 g/mol. The van der Waals surface area contributed by atoms with Crippen molar-refractivity contribution in [2.75, 3.05) is 20.8 Å². The summed E-state index contributed by atoms with van der Waals surface area (Å²) in [5, 5.41) is 1.08. The maximum atomic E-state index is 13.5. The zero-order chi connectivity index (χ0) is 23.1. The van der Waals surface area contributed by atoms with Gasteiger partial charge in [-0.2, -0.15) is 0 Å². The molecule has 6 heteroatoms. The lowest BCUT2D eigenvalue weighted by atomic mass is 9.92. The van der Waals surface area contributed by atoms with Crippen LogP contribution in [0.3, 0.4) is 0 Å².